The Bertz CT molecular complexity index is 415. The minimum atomic E-state index is 0.160. The van der Waals surface area contributed by atoms with E-state index in [0.717, 1.165) is 13.1 Å². The van der Waals surface area contributed by atoms with Crippen LogP contribution < -0.4 is 5.73 Å². The number of amidine groups is 1. The van der Waals surface area contributed by atoms with Crippen LogP contribution in [0.4, 0.5) is 0 Å². The third kappa shape index (κ3) is 5.38. The lowest BCUT2D eigenvalue weighted by Crippen LogP contribution is -2.35. The van der Waals surface area contributed by atoms with Crippen LogP contribution in [0.5, 0.6) is 0 Å². The molecule has 0 heterocycles. The molecule has 21 heavy (non-hydrogen) atoms. The zero-order valence-corrected chi connectivity index (χ0v) is 13.5. The molecule has 1 aromatic rings. The minimum Gasteiger partial charge on any atom is -0.409 e. The van der Waals surface area contributed by atoms with Gasteiger partial charge in [0.25, 0.3) is 0 Å². The molecular weight excluding hydrogens is 262 g/mol. The van der Waals surface area contributed by atoms with E-state index in [2.05, 4.69) is 43.0 Å². The van der Waals surface area contributed by atoms with E-state index < -0.39 is 0 Å². The molecule has 1 atom stereocenters. The van der Waals surface area contributed by atoms with Gasteiger partial charge in [-0.3, -0.25) is 4.90 Å². The number of nitrogens with zero attached hydrogens (tertiary/aromatic N) is 2. The lowest BCUT2D eigenvalue weighted by atomic mass is 9.97. The summed E-state index contributed by atoms with van der Waals surface area (Å²) < 4.78 is 0. The Morgan fingerprint density at radius 2 is 1.81 bits per heavy atom. The van der Waals surface area contributed by atoms with Crippen molar-refractivity contribution in [3.8, 4) is 0 Å². The molecule has 0 bridgehead atoms. The molecule has 4 nitrogen and oxygen atoms in total. The highest BCUT2D eigenvalue weighted by Gasteiger charge is 2.22. The first-order chi connectivity index (χ1) is 10.2. The van der Waals surface area contributed by atoms with Crippen molar-refractivity contribution < 1.29 is 5.21 Å². The van der Waals surface area contributed by atoms with Gasteiger partial charge in [-0.15, -0.1) is 0 Å². The van der Waals surface area contributed by atoms with Crippen molar-refractivity contribution in [2.45, 2.75) is 46.1 Å². The normalized spacial score (nSPS) is 13.9. The zero-order chi connectivity index (χ0) is 15.7. The van der Waals surface area contributed by atoms with E-state index >= 15 is 0 Å². The molecule has 1 aromatic carbocycles. The quantitative estimate of drug-likeness (QED) is 0.316. The number of benzene rings is 1. The summed E-state index contributed by atoms with van der Waals surface area (Å²) in [7, 11) is 0. The van der Waals surface area contributed by atoms with Crippen molar-refractivity contribution in [3.05, 3.63) is 35.9 Å². The van der Waals surface area contributed by atoms with Gasteiger partial charge in [-0.05, 0) is 18.0 Å². The standard InChI is InChI=1S/C17H29N3O/c1-4-14(5-2)13-20(6-3)16(12-17(18)19-21)15-10-8-7-9-11-15/h7-11,14,16,21H,4-6,12-13H2,1-3H3,(H2,18,19). The fourth-order valence-corrected chi connectivity index (χ4v) is 2.73. The van der Waals surface area contributed by atoms with Gasteiger partial charge < -0.3 is 10.9 Å². The number of rotatable bonds is 9. The number of oxime groups is 1. The average Bonchev–Trinajstić information content (AvgIpc) is 2.55. The van der Waals surface area contributed by atoms with Crippen LogP contribution in [0, 0.1) is 5.92 Å². The van der Waals surface area contributed by atoms with Crippen LogP contribution in [0.3, 0.4) is 0 Å². The first-order valence-corrected chi connectivity index (χ1v) is 7.91. The molecule has 0 aliphatic heterocycles. The molecule has 1 rings (SSSR count). The molecule has 4 heteroatoms. The van der Waals surface area contributed by atoms with Crippen molar-refractivity contribution in [1.82, 2.24) is 4.90 Å². The van der Waals surface area contributed by atoms with Gasteiger partial charge in [0.15, 0.2) is 0 Å². The molecule has 0 spiro atoms. The summed E-state index contributed by atoms with van der Waals surface area (Å²) in [4.78, 5) is 2.44. The molecule has 0 saturated heterocycles. The van der Waals surface area contributed by atoms with E-state index in [1.54, 1.807) is 0 Å². The fraction of sp³-hybridized carbons (Fsp3) is 0.588. The first-order valence-electron chi connectivity index (χ1n) is 7.91. The van der Waals surface area contributed by atoms with Gasteiger partial charge in [0, 0.05) is 19.0 Å². The summed E-state index contributed by atoms with van der Waals surface area (Å²) in [6, 6.07) is 10.5. The maximum Gasteiger partial charge on any atom is 0.141 e. The largest absolute Gasteiger partial charge is 0.409 e. The molecular formula is C17H29N3O. The molecule has 0 aliphatic carbocycles. The van der Waals surface area contributed by atoms with Crippen molar-refractivity contribution in [2.75, 3.05) is 13.1 Å². The predicted molar refractivity (Wildman–Crippen MR) is 88.5 cm³/mol. The molecule has 0 aromatic heterocycles. The van der Waals surface area contributed by atoms with E-state index in [4.69, 9.17) is 10.9 Å². The smallest absolute Gasteiger partial charge is 0.141 e. The second-order valence-corrected chi connectivity index (χ2v) is 5.49. The van der Waals surface area contributed by atoms with Gasteiger partial charge in [-0.2, -0.15) is 0 Å². The van der Waals surface area contributed by atoms with E-state index in [1.165, 1.54) is 18.4 Å². The number of nitrogens with two attached hydrogens (primary N) is 1. The van der Waals surface area contributed by atoms with Crippen LogP contribution in [0.2, 0.25) is 0 Å². The number of hydrogen-bond donors (Lipinski definition) is 2. The Labute approximate surface area is 128 Å². The second kappa shape index (κ2) is 9.40. The summed E-state index contributed by atoms with van der Waals surface area (Å²) >= 11 is 0. The summed E-state index contributed by atoms with van der Waals surface area (Å²) in [5.74, 6) is 0.968. The maximum atomic E-state index is 8.90. The van der Waals surface area contributed by atoms with Crippen molar-refractivity contribution in [3.63, 3.8) is 0 Å². The topological polar surface area (TPSA) is 61.8 Å². The van der Waals surface area contributed by atoms with Gasteiger partial charge >= 0.3 is 0 Å². The summed E-state index contributed by atoms with van der Waals surface area (Å²) in [6.45, 7) is 8.65. The monoisotopic (exact) mass is 291 g/mol. The Kier molecular flexibility index (Phi) is 7.83. The van der Waals surface area contributed by atoms with Gasteiger partial charge in [0.1, 0.15) is 5.84 Å². The van der Waals surface area contributed by atoms with Gasteiger partial charge in [-0.25, -0.2) is 0 Å². The molecule has 0 amide bonds. The number of hydrogen-bond acceptors (Lipinski definition) is 3. The molecule has 118 valence electrons. The van der Waals surface area contributed by atoms with Crippen molar-refractivity contribution >= 4 is 5.84 Å². The van der Waals surface area contributed by atoms with Crippen LogP contribution >= 0.6 is 0 Å². The van der Waals surface area contributed by atoms with Gasteiger partial charge in [0.2, 0.25) is 0 Å². The third-order valence-corrected chi connectivity index (χ3v) is 4.21. The first kappa shape index (κ1) is 17.5. The van der Waals surface area contributed by atoms with Gasteiger partial charge in [-0.1, -0.05) is 69.1 Å². The summed E-state index contributed by atoms with van der Waals surface area (Å²) in [5, 5.41) is 12.1. The molecule has 1 unspecified atom stereocenters. The lowest BCUT2D eigenvalue weighted by molar-refractivity contribution is 0.172. The van der Waals surface area contributed by atoms with Crippen LogP contribution in [0.1, 0.15) is 51.6 Å². The van der Waals surface area contributed by atoms with E-state index in [9.17, 15) is 0 Å². The maximum absolute atomic E-state index is 8.90. The SMILES string of the molecule is CCC(CC)CN(CC)C(CC(N)=NO)c1ccccc1. The Morgan fingerprint density at radius 1 is 1.19 bits per heavy atom. The van der Waals surface area contributed by atoms with E-state index in [0.29, 0.717) is 12.3 Å². The fourth-order valence-electron chi connectivity index (χ4n) is 2.73. The Morgan fingerprint density at radius 3 is 2.29 bits per heavy atom. The van der Waals surface area contributed by atoms with Crippen molar-refractivity contribution in [2.24, 2.45) is 16.8 Å². The van der Waals surface area contributed by atoms with Crippen LogP contribution in [0.25, 0.3) is 0 Å². The molecule has 0 aliphatic rings. The molecule has 3 N–H and O–H groups in total. The van der Waals surface area contributed by atoms with Crippen LogP contribution in [0.15, 0.2) is 35.5 Å². The Hall–Kier alpha value is -1.55. The minimum absolute atomic E-state index is 0.160. The van der Waals surface area contributed by atoms with Crippen LogP contribution in [-0.2, 0) is 0 Å². The van der Waals surface area contributed by atoms with Gasteiger partial charge in [0.05, 0.1) is 0 Å². The van der Waals surface area contributed by atoms with E-state index in [1.807, 2.05) is 18.2 Å². The third-order valence-electron chi connectivity index (χ3n) is 4.21. The molecule has 0 saturated carbocycles. The summed E-state index contributed by atoms with van der Waals surface area (Å²) in [6.07, 6.45) is 2.91. The Balaban J connectivity index is 2.97. The van der Waals surface area contributed by atoms with Crippen molar-refractivity contribution in [1.29, 1.82) is 0 Å². The second-order valence-electron chi connectivity index (χ2n) is 5.49. The highest BCUT2D eigenvalue weighted by Crippen LogP contribution is 2.26. The van der Waals surface area contributed by atoms with E-state index in [-0.39, 0.29) is 11.9 Å². The highest BCUT2D eigenvalue weighted by atomic mass is 16.4. The zero-order valence-electron chi connectivity index (χ0n) is 13.5. The molecule has 0 fully saturated rings. The summed E-state index contributed by atoms with van der Waals surface area (Å²) in [5.41, 5.74) is 6.99. The predicted octanol–water partition coefficient (Wildman–Crippen LogP) is 3.62. The lowest BCUT2D eigenvalue weighted by Gasteiger charge is -2.33. The highest BCUT2D eigenvalue weighted by molar-refractivity contribution is 5.80. The molecule has 0 radical (unpaired) electrons. The van der Waals surface area contributed by atoms with Crippen LogP contribution in [-0.4, -0.2) is 29.0 Å². The average molecular weight is 291 g/mol.